The lowest BCUT2D eigenvalue weighted by molar-refractivity contribution is -0.121. The largest absolute Gasteiger partial charge is 0.327 e. The Bertz CT molecular complexity index is 1070. The van der Waals surface area contributed by atoms with Gasteiger partial charge >= 0.3 is 0 Å². The van der Waals surface area contributed by atoms with E-state index in [9.17, 15) is 14.0 Å². The molecular formula is C21H23FN6O2. The number of hydrogen-bond donors (Lipinski definition) is 1. The average molecular weight is 410 g/mol. The third-order valence-electron chi connectivity index (χ3n) is 6.07. The van der Waals surface area contributed by atoms with E-state index >= 15 is 0 Å². The quantitative estimate of drug-likeness (QED) is 0.772. The number of likely N-dealkylation sites (N-methyl/N-ethyl adjacent to an activating group) is 1. The molecule has 1 aromatic heterocycles. The first kappa shape index (κ1) is 20.0. The fraction of sp³-hybridized carbons (Fsp3) is 0.429. The van der Waals surface area contributed by atoms with E-state index in [1.807, 2.05) is 19.0 Å². The molecule has 2 aliphatic rings. The van der Waals surface area contributed by atoms with Gasteiger partial charge in [0.05, 0.1) is 18.8 Å². The van der Waals surface area contributed by atoms with Gasteiger partial charge in [0.15, 0.2) is 0 Å². The van der Waals surface area contributed by atoms with Crippen molar-refractivity contribution in [3.05, 3.63) is 52.4 Å². The van der Waals surface area contributed by atoms with E-state index in [0.717, 1.165) is 11.3 Å². The highest BCUT2D eigenvalue weighted by molar-refractivity contribution is 5.96. The molecule has 2 amide bonds. The van der Waals surface area contributed by atoms with Gasteiger partial charge in [0.2, 0.25) is 11.6 Å². The summed E-state index contributed by atoms with van der Waals surface area (Å²) in [5.74, 6) is -1.27. The fourth-order valence-corrected chi connectivity index (χ4v) is 4.16. The first-order valence-corrected chi connectivity index (χ1v) is 9.85. The molecule has 1 aliphatic heterocycles. The number of carbonyl (C=O) groups excluding carboxylic acids is 2. The van der Waals surface area contributed by atoms with Crippen LogP contribution >= 0.6 is 0 Å². The normalized spacial score (nSPS) is 21.4. The van der Waals surface area contributed by atoms with Crippen LogP contribution in [0.1, 0.15) is 28.7 Å². The number of nitrogens with zero attached hydrogens (tertiary/aromatic N) is 5. The van der Waals surface area contributed by atoms with Crippen molar-refractivity contribution in [2.75, 3.05) is 26.0 Å². The zero-order valence-electron chi connectivity index (χ0n) is 17.1. The van der Waals surface area contributed by atoms with Crippen molar-refractivity contribution < 1.29 is 14.0 Å². The second kappa shape index (κ2) is 7.54. The van der Waals surface area contributed by atoms with Gasteiger partial charge in [-0.2, -0.15) is 5.10 Å². The van der Waals surface area contributed by atoms with Crippen molar-refractivity contribution >= 4 is 23.2 Å². The summed E-state index contributed by atoms with van der Waals surface area (Å²) in [6.07, 6.45) is 1.02. The molecule has 8 nitrogen and oxygen atoms in total. The first-order chi connectivity index (χ1) is 14.3. The molecule has 0 saturated carbocycles. The Hall–Kier alpha value is -3.25. The number of hydrazine groups is 1. The monoisotopic (exact) mass is 410 g/mol. The molecule has 2 heterocycles. The van der Waals surface area contributed by atoms with Crippen LogP contribution in [0.4, 0.5) is 15.8 Å². The number of hydrogen-bond acceptors (Lipinski definition) is 4. The molecule has 1 unspecified atom stereocenters. The van der Waals surface area contributed by atoms with Gasteiger partial charge in [0.1, 0.15) is 11.5 Å². The third-order valence-corrected chi connectivity index (χ3v) is 6.07. The number of amides is 2. The summed E-state index contributed by atoms with van der Waals surface area (Å²) in [5, 5.41) is 10.9. The minimum Gasteiger partial charge on any atom is -0.327 e. The van der Waals surface area contributed by atoms with Crippen molar-refractivity contribution in [1.82, 2.24) is 19.8 Å². The molecule has 0 fully saturated rings. The van der Waals surface area contributed by atoms with Gasteiger partial charge < -0.3 is 5.32 Å². The summed E-state index contributed by atoms with van der Waals surface area (Å²) in [4.78, 5) is 29.1. The molecule has 2 atom stereocenters. The van der Waals surface area contributed by atoms with Crippen LogP contribution in [-0.4, -0.2) is 52.3 Å². The van der Waals surface area contributed by atoms with Gasteiger partial charge in [0.25, 0.3) is 5.91 Å². The molecule has 0 radical (unpaired) electrons. The molecule has 1 N–H and O–H groups in total. The molecule has 4 rings (SSSR count). The number of halogens is 1. The molecule has 1 aromatic carbocycles. The Morgan fingerprint density at radius 3 is 2.80 bits per heavy atom. The number of rotatable bonds is 2. The van der Waals surface area contributed by atoms with E-state index < -0.39 is 5.82 Å². The predicted molar refractivity (Wildman–Crippen MR) is 108 cm³/mol. The van der Waals surface area contributed by atoms with Gasteiger partial charge in [-0.1, -0.05) is 6.92 Å². The molecule has 156 valence electrons. The maximum atomic E-state index is 13.6. The van der Waals surface area contributed by atoms with Crippen LogP contribution in [0.15, 0.2) is 18.2 Å². The van der Waals surface area contributed by atoms with Crippen molar-refractivity contribution in [1.29, 1.82) is 0 Å². The van der Waals surface area contributed by atoms with Crippen LogP contribution in [0.3, 0.4) is 0 Å². The van der Waals surface area contributed by atoms with Crippen molar-refractivity contribution in [2.45, 2.75) is 26.3 Å². The van der Waals surface area contributed by atoms with E-state index in [1.165, 1.54) is 18.2 Å². The van der Waals surface area contributed by atoms with E-state index in [0.29, 0.717) is 37.3 Å². The Balaban J connectivity index is 1.61. The van der Waals surface area contributed by atoms with Gasteiger partial charge in [0, 0.05) is 37.8 Å². The SMILES string of the molecule is [C-]#[N+]c1cc(NC(=O)C2Cc3c(nn4c3C(=O)N(C)N(C)CC4)C[C@H]2C)ccc1F. The minimum absolute atomic E-state index is 0.0351. The molecule has 1 aliphatic carbocycles. The minimum atomic E-state index is -0.617. The molecule has 9 heteroatoms. The number of anilines is 1. The van der Waals surface area contributed by atoms with Gasteiger partial charge in [-0.15, -0.1) is 0 Å². The second-order valence-electron chi connectivity index (χ2n) is 7.97. The zero-order valence-corrected chi connectivity index (χ0v) is 17.1. The van der Waals surface area contributed by atoms with Gasteiger partial charge in [-0.25, -0.2) is 14.2 Å². The highest BCUT2D eigenvalue weighted by atomic mass is 19.1. The maximum absolute atomic E-state index is 13.6. The van der Waals surface area contributed by atoms with E-state index in [2.05, 4.69) is 15.3 Å². The predicted octanol–water partition coefficient (Wildman–Crippen LogP) is 2.49. The standard InChI is InChI=1S/C21H23FN6O2/c1-12-9-17-15(19-21(30)27(4)26(3)7-8-28(19)25-17)11-14(12)20(29)24-13-5-6-16(22)18(10-13)23-2/h5-6,10,12,14H,7-9,11H2,1,3-4H3,(H,24,29)/t12-,14?/m1/s1. The molecule has 0 bridgehead atoms. The number of fused-ring (bicyclic) bond motifs is 3. The van der Waals surface area contributed by atoms with Crippen molar-refractivity contribution in [3.63, 3.8) is 0 Å². The van der Waals surface area contributed by atoms with Crippen molar-refractivity contribution in [3.8, 4) is 0 Å². The van der Waals surface area contributed by atoms with E-state index in [4.69, 9.17) is 6.57 Å². The first-order valence-electron chi connectivity index (χ1n) is 9.85. The summed E-state index contributed by atoms with van der Waals surface area (Å²) < 4.78 is 15.3. The smallest absolute Gasteiger partial charge is 0.286 e. The van der Waals surface area contributed by atoms with Crippen LogP contribution in [-0.2, 0) is 24.2 Å². The number of benzene rings is 1. The highest BCUT2D eigenvalue weighted by Gasteiger charge is 2.38. The summed E-state index contributed by atoms with van der Waals surface area (Å²) >= 11 is 0. The van der Waals surface area contributed by atoms with Crippen LogP contribution < -0.4 is 5.32 Å². The Morgan fingerprint density at radius 1 is 1.30 bits per heavy atom. The molecule has 30 heavy (non-hydrogen) atoms. The Morgan fingerprint density at radius 2 is 2.07 bits per heavy atom. The zero-order chi connectivity index (χ0) is 21.6. The number of nitrogens with one attached hydrogen (secondary N) is 1. The molecule has 2 aromatic rings. The Kier molecular flexibility index (Phi) is 5.03. The fourth-order valence-electron chi connectivity index (χ4n) is 4.16. The Labute approximate surface area is 174 Å². The molecule has 0 saturated heterocycles. The highest BCUT2D eigenvalue weighted by Crippen LogP contribution is 2.34. The summed E-state index contributed by atoms with van der Waals surface area (Å²) in [6.45, 7) is 10.3. The van der Waals surface area contributed by atoms with Gasteiger partial charge in [-0.3, -0.25) is 19.3 Å². The lowest BCUT2D eigenvalue weighted by Crippen LogP contribution is -2.41. The summed E-state index contributed by atoms with van der Waals surface area (Å²) in [7, 11) is 3.59. The van der Waals surface area contributed by atoms with Crippen molar-refractivity contribution in [2.24, 2.45) is 11.8 Å². The van der Waals surface area contributed by atoms with Crippen LogP contribution in [0.5, 0.6) is 0 Å². The second-order valence-corrected chi connectivity index (χ2v) is 7.97. The lowest BCUT2D eigenvalue weighted by atomic mass is 9.78. The van der Waals surface area contributed by atoms with Gasteiger partial charge in [-0.05, 0) is 37.0 Å². The lowest BCUT2D eigenvalue weighted by Gasteiger charge is -2.29. The maximum Gasteiger partial charge on any atom is 0.286 e. The average Bonchev–Trinajstić information content (AvgIpc) is 3.03. The molecule has 0 spiro atoms. The molecular weight excluding hydrogens is 387 g/mol. The topological polar surface area (TPSA) is 74.8 Å². The number of carbonyl (C=O) groups is 2. The number of aromatic nitrogens is 2. The third kappa shape index (κ3) is 3.33. The van der Waals surface area contributed by atoms with Crippen LogP contribution in [0, 0.1) is 24.2 Å². The van der Waals surface area contributed by atoms with Crippen LogP contribution in [0.2, 0.25) is 0 Å². The van der Waals surface area contributed by atoms with Crippen LogP contribution in [0.25, 0.3) is 4.85 Å². The van der Waals surface area contributed by atoms with E-state index in [-0.39, 0.29) is 29.3 Å². The summed E-state index contributed by atoms with van der Waals surface area (Å²) in [5.41, 5.74) is 2.52. The summed E-state index contributed by atoms with van der Waals surface area (Å²) in [6, 6.07) is 3.95. The van der Waals surface area contributed by atoms with E-state index in [1.54, 1.807) is 16.7 Å².